The summed E-state index contributed by atoms with van der Waals surface area (Å²) in [4.78, 5) is 0. The van der Waals surface area contributed by atoms with Gasteiger partial charge in [-0.3, -0.25) is 4.68 Å². The first-order valence-electron chi connectivity index (χ1n) is 7.90. The molecule has 1 aromatic heterocycles. The molecule has 0 aliphatic heterocycles. The van der Waals surface area contributed by atoms with Gasteiger partial charge in [-0.1, -0.05) is 50.6 Å². The molecule has 0 aliphatic carbocycles. The molecule has 3 heteroatoms. The van der Waals surface area contributed by atoms with Gasteiger partial charge < -0.3 is 5.32 Å². The van der Waals surface area contributed by atoms with E-state index in [0.29, 0.717) is 5.92 Å². The first-order valence-corrected chi connectivity index (χ1v) is 7.90. The van der Waals surface area contributed by atoms with Crippen LogP contribution in [0.1, 0.15) is 43.2 Å². The van der Waals surface area contributed by atoms with Crippen molar-refractivity contribution in [2.45, 2.75) is 47.2 Å². The van der Waals surface area contributed by atoms with Crippen molar-refractivity contribution < 1.29 is 0 Å². The molecule has 0 radical (unpaired) electrons. The first kappa shape index (κ1) is 15.8. The lowest BCUT2D eigenvalue weighted by Crippen LogP contribution is -2.19. The summed E-state index contributed by atoms with van der Waals surface area (Å²) in [5.41, 5.74) is 5.28. The second-order valence-electron chi connectivity index (χ2n) is 6.14. The van der Waals surface area contributed by atoms with E-state index < -0.39 is 0 Å². The number of benzene rings is 1. The highest BCUT2D eigenvalue weighted by Gasteiger charge is 2.09. The van der Waals surface area contributed by atoms with E-state index in [2.05, 4.69) is 67.1 Å². The second-order valence-corrected chi connectivity index (χ2v) is 6.14. The number of hydrogen-bond donors (Lipinski definition) is 1. The second kappa shape index (κ2) is 7.41. The molecule has 1 aromatic carbocycles. The molecule has 0 unspecified atom stereocenters. The van der Waals surface area contributed by atoms with Gasteiger partial charge in [0.25, 0.3) is 0 Å². The van der Waals surface area contributed by atoms with Gasteiger partial charge in [-0.25, -0.2) is 0 Å². The minimum Gasteiger partial charge on any atom is -0.312 e. The van der Waals surface area contributed by atoms with Crippen molar-refractivity contribution in [3.63, 3.8) is 0 Å². The van der Waals surface area contributed by atoms with E-state index in [9.17, 15) is 0 Å². The Labute approximate surface area is 128 Å². The van der Waals surface area contributed by atoms with Gasteiger partial charge in [0, 0.05) is 17.8 Å². The van der Waals surface area contributed by atoms with Crippen LogP contribution in [0.25, 0.3) is 0 Å². The Balaban J connectivity index is 2.08. The van der Waals surface area contributed by atoms with Crippen molar-refractivity contribution in [2.75, 3.05) is 6.54 Å². The van der Waals surface area contributed by atoms with Gasteiger partial charge in [0.1, 0.15) is 0 Å². The van der Waals surface area contributed by atoms with Crippen molar-refractivity contribution in [1.82, 2.24) is 15.1 Å². The third-order valence-corrected chi connectivity index (χ3v) is 3.65. The van der Waals surface area contributed by atoms with E-state index in [4.69, 9.17) is 0 Å². The lowest BCUT2D eigenvalue weighted by molar-refractivity contribution is 0.549. The van der Waals surface area contributed by atoms with Crippen LogP contribution in [0.5, 0.6) is 0 Å². The van der Waals surface area contributed by atoms with E-state index in [1.54, 1.807) is 0 Å². The fourth-order valence-corrected chi connectivity index (χ4v) is 2.62. The molecule has 0 aliphatic rings. The molecule has 2 rings (SSSR count). The van der Waals surface area contributed by atoms with Crippen molar-refractivity contribution in [2.24, 2.45) is 5.92 Å². The molecule has 0 spiro atoms. The van der Waals surface area contributed by atoms with E-state index >= 15 is 0 Å². The highest BCUT2D eigenvalue weighted by Crippen LogP contribution is 2.13. The van der Waals surface area contributed by atoms with Crippen LogP contribution < -0.4 is 5.32 Å². The molecule has 0 fully saturated rings. The average molecular weight is 285 g/mol. The standard InChI is InChI=1S/C18H27N3/c1-5-18-17(11-19-10-14(2)3)12-20-21(18)13-16-8-6-7-15(4)9-16/h6-9,12,14,19H,5,10-11,13H2,1-4H3. The molecule has 0 amide bonds. The van der Waals surface area contributed by atoms with Gasteiger partial charge in [0.15, 0.2) is 0 Å². The predicted octanol–water partition coefficient (Wildman–Crippen LogP) is 3.55. The Bertz CT molecular complexity index is 570. The number of aryl methyl sites for hydroxylation is 1. The monoisotopic (exact) mass is 285 g/mol. The number of nitrogens with one attached hydrogen (secondary N) is 1. The van der Waals surface area contributed by atoms with Crippen LogP contribution in [0.3, 0.4) is 0 Å². The Morgan fingerprint density at radius 1 is 1.29 bits per heavy atom. The summed E-state index contributed by atoms with van der Waals surface area (Å²) in [7, 11) is 0. The van der Waals surface area contributed by atoms with Gasteiger partial charge in [0.05, 0.1) is 12.7 Å². The Morgan fingerprint density at radius 3 is 2.76 bits per heavy atom. The van der Waals surface area contributed by atoms with Crippen molar-refractivity contribution >= 4 is 0 Å². The minimum atomic E-state index is 0.678. The average Bonchev–Trinajstić information content (AvgIpc) is 2.80. The van der Waals surface area contributed by atoms with Gasteiger partial charge in [-0.05, 0) is 31.4 Å². The van der Waals surface area contributed by atoms with Gasteiger partial charge in [0.2, 0.25) is 0 Å². The van der Waals surface area contributed by atoms with Gasteiger partial charge >= 0.3 is 0 Å². The molecule has 0 saturated heterocycles. The third-order valence-electron chi connectivity index (χ3n) is 3.65. The minimum absolute atomic E-state index is 0.678. The van der Waals surface area contributed by atoms with Crippen LogP contribution >= 0.6 is 0 Å². The number of aromatic nitrogens is 2. The summed E-state index contributed by atoms with van der Waals surface area (Å²) >= 11 is 0. The Hall–Kier alpha value is -1.61. The molecular formula is C18H27N3. The highest BCUT2D eigenvalue weighted by molar-refractivity contribution is 5.24. The van der Waals surface area contributed by atoms with Crippen LogP contribution in [-0.4, -0.2) is 16.3 Å². The molecular weight excluding hydrogens is 258 g/mol. The molecule has 0 bridgehead atoms. The van der Waals surface area contributed by atoms with Crippen LogP contribution in [-0.2, 0) is 19.5 Å². The summed E-state index contributed by atoms with van der Waals surface area (Å²) < 4.78 is 2.14. The smallest absolute Gasteiger partial charge is 0.0662 e. The van der Waals surface area contributed by atoms with Crippen LogP contribution in [0.2, 0.25) is 0 Å². The summed E-state index contributed by atoms with van der Waals surface area (Å²) in [5, 5.41) is 8.10. The summed E-state index contributed by atoms with van der Waals surface area (Å²) in [5.74, 6) is 0.678. The molecule has 2 aromatic rings. The SMILES string of the molecule is CCc1c(CNCC(C)C)cnn1Cc1cccc(C)c1. The van der Waals surface area contributed by atoms with E-state index in [1.807, 2.05) is 6.20 Å². The normalized spacial score (nSPS) is 11.3. The molecule has 0 atom stereocenters. The molecule has 114 valence electrons. The van der Waals surface area contributed by atoms with Gasteiger partial charge in [-0.2, -0.15) is 5.10 Å². The predicted molar refractivity (Wildman–Crippen MR) is 88.4 cm³/mol. The van der Waals surface area contributed by atoms with E-state index in [0.717, 1.165) is 26.1 Å². The van der Waals surface area contributed by atoms with E-state index in [1.165, 1.54) is 22.4 Å². The maximum atomic E-state index is 4.59. The number of nitrogens with zero attached hydrogens (tertiary/aromatic N) is 2. The maximum absolute atomic E-state index is 4.59. The third kappa shape index (κ3) is 4.43. The Morgan fingerprint density at radius 2 is 2.10 bits per heavy atom. The van der Waals surface area contributed by atoms with Crippen molar-refractivity contribution in [3.8, 4) is 0 Å². The first-order chi connectivity index (χ1) is 10.1. The number of hydrogen-bond acceptors (Lipinski definition) is 2. The molecule has 1 heterocycles. The lowest BCUT2D eigenvalue weighted by Gasteiger charge is -2.10. The molecule has 3 nitrogen and oxygen atoms in total. The summed E-state index contributed by atoms with van der Waals surface area (Å²) in [6.07, 6.45) is 3.03. The van der Waals surface area contributed by atoms with Crippen LogP contribution in [0, 0.1) is 12.8 Å². The zero-order valence-electron chi connectivity index (χ0n) is 13.7. The van der Waals surface area contributed by atoms with Crippen LogP contribution in [0.15, 0.2) is 30.5 Å². The highest BCUT2D eigenvalue weighted by atomic mass is 15.3. The van der Waals surface area contributed by atoms with Crippen molar-refractivity contribution in [3.05, 3.63) is 52.8 Å². The fraction of sp³-hybridized carbons (Fsp3) is 0.500. The molecule has 21 heavy (non-hydrogen) atoms. The largest absolute Gasteiger partial charge is 0.312 e. The van der Waals surface area contributed by atoms with Crippen LogP contribution in [0.4, 0.5) is 0 Å². The molecule has 0 saturated carbocycles. The molecule has 1 N–H and O–H groups in total. The number of rotatable bonds is 7. The van der Waals surface area contributed by atoms with Crippen molar-refractivity contribution in [1.29, 1.82) is 0 Å². The lowest BCUT2D eigenvalue weighted by atomic mass is 10.1. The zero-order valence-corrected chi connectivity index (χ0v) is 13.7. The van der Waals surface area contributed by atoms with E-state index in [-0.39, 0.29) is 0 Å². The Kier molecular flexibility index (Phi) is 5.57. The quantitative estimate of drug-likeness (QED) is 0.843. The fourth-order valence-electron chi connectivity index (χ4n) is 2.62. The van der Waals surface area contributed by atoms with Gasteiger partial charge in [-0.15, -0.1) is 0 Å². The summed E-state index contributed by atoms with van der Waals surface area (Å²) in [6.45, 7) is 11.6. The zero-order chi connectivity index (χ0) is 15.2. The maximum Gasteiger partial charge on any atom is 0.0662 e. The summed E-state index contributed by atoms with van der Waals surface area (Å²) in [6, 6.07) is 8.65. The topological polar surface area (TPSA) is 29.9 Å².